The number of aliphatic hydroxyl groups is 1. The minimum Gasteiger partial charge on any atom is -0.373 e. The zero-order valence-electron chi connectivity index (χ0n) is 14.0. The van der Waals surface area contributed by atoms with Crippen molar-refractivity contribution in [1.29, 1.82) is 0 Å². The summed E-state index contributed by atoms with van der Waals surface area (Å²) in [5.74, 6) is 0.0141. The van der Waals surface area contributed by atoms with Crippen molar-refractivity contribution in [2.24, 2.45) is 10.8 Å². The maximum Gasteiger partial charge on any atom is 0.231 e. The fraction of sp³-hybridized carbons (Fsp3) is 0.421. The SMILES string of the molecule is CC1(C)C(=O)N(Cc2ccsc2-c2ccccc2)C(O)C1(C)C. The van der Waals surface area contributed by atoms with Gasteiger partial charge in [0.1, 0.15) is 6.23 Å². The minimum atomic E-state index is -0.770. The second-order valence-corrected chi connectivity index (χ2v) is 8.21. The van der Waals surface area contributed by atoms with Gasteiger partial charge in [0.25, 0.3) is 0 Å². The van der Waals surface area contributed by atoms with E-state index in [-0.39, 0.29) is 5.91 Å². The largest absolute Gasteiger partial charge is 0.373 e. The van der Waals surface area contributed by atoms with Crippen LogP contribution in [0.2, 0.25) is 0 Å². The van der Waals surface area contributed by atoms with Crippen LogP contribution >= 0.6 is 11.3 Å². The maximum atomic E-state index is 12.8. The molecule has 2 aromatic rings. The predicted molar refractivity (Wildman–Crippen MR) is 93.9 cm³/mol. The van der Waals surface area contributed by atoms with E-state index >= 15 is 0 Å². The number of benzene rings is 1. The summed E-state index contributed by atoms with van der Waals surface area (Å²) in [7, 11) is 0. The number of nitrogens with zero attached hydrogens (tertiary/aromatic N) is 1. The van der Waals surface area contributed by atoms with Crippen LogP contribution in [0.5, 0.6) is 0 Å². The fourth-order valence-corrected chi connectivity index (χ4v) is 4.03. The molecule has 23 heavy (non-hydrogen) atoms. The third kappa shape index (κ3) is 2.41. The van der Waals surface area contributed by atoms with E-state index in [9.17, 15) is 9.90 Å². The normalized spacial score (nSPS) is 22.6. The molecule has 1 aliphatic rings. The van der Waals surface area contributed by atoms with Crippen LogP contribution in [0.1, 0.15) is 33.3 Å². The van der Waals surface area contributed by atoms with E-state index in [2.05, 4.69) is 12.1 Å². The topological polar surface area (TPSA) is 40.5 Å². The number of thiophene rings is 1. The summed E-state index contributed by atoms with van der Waals surface area (Å²) in [6.07, 6.45) is -0.770. The molecule has 1 amide bonds. The zero-order chi connectivity index (χ0) is 16.8. The molecule has 3 nitrogen and oxygen atoms in total. The lowest BCUT2D eigenvalue weighted by molar-refractivity contribution is -0.139. The third-order valence-electron chi connectivity index (χ3n) is 5.47. The number of rotatable bonds is 3. The Morgan fingerprint density at radius 3 is 2.35 bits per heavy atom. The molecule has 1 aliphatic heterocycles. The monoisotopic (exact) mass is 329 g/mol. The first-order chi connectivity index (χ1) is 10.8. The summed E-state index contributed by atoms with van der Waals surface area (Å²) < 4.78 is 0. The van der Waals surface area contributed by atoms with E-state index in [1.807, 2.05) is 57.3 Å². The Labute approximate surface area is 141 Å². The van der Waals surface area contributed by atoms with Crippen molar-refractivity contribution in [2.75, 3.05) is 0 Å². The summed E-state index contributed by atoms with van der Waals surface area (Å²) in [6.45, 7) is 8.21. The molecular weight excluding hydrogens is 306 g/mol. The van der Waals surface area contributed by atoms with Crippen LogP contribution < -0.4 is 0 Å². The Hall–Kier alpha value is -1.65. The van der Waals surface area contributed by atoms with Crippen LogP contribution in [0.15, 0.2) is 41.8 Å². The first kappa shape index (κ1) is 16.2. The molecule has 0 saturated carbocycles. The lowest BCUT2D eigenvalue weighted by Crippen LogP contribution is -2.38. The Morgan fingerprint density at radius 2 is 1.78 bits per heavy atom. The zero-order valence-corrected chi connectivity index (χ0v) is 14.9. The van der Waals surface area contributed by atoms with E-state index in [0.29, 0.717) is 6.54 Å². The van der Waals surface area contributed by atoms with Crippen LogP contribution in [0.3, 0.4) is 0 Å². The molecule has 1 saturated heterocycles. The predicted octanol–water partition coefficient (Wildman–Crippen LogP) is 4.13. The van der Waals surface area contributed by atoms with Crippen LogP contribution in [0.25, 0.3) is 10.4 Å². The van der Waals surface area contributed by atoms with Crippen molar-refractivity contribution in [3.8, 4) is 10.4 Å². The molecule has 122 valence electrons. The van der Waals surface area contributed by atoms with E-state index < -0.39 is 17.1 Å². The van der Waals surface area contributed by atoms with E-state index in [1.165, 1.54) is 0 Å². The Kier molecular flexibility index (Phi) is 3.85. The second-order valence-electron chi connectivity index (χ2n) is 7.29. The van der Waals surface area contributed by atoms with Crippen LogP contribution in [0.4, 0.5) is 0 Å². The summed E-state index contributed by atoms with van der Waals surface area (Å²) >= 11 is 1.67. The molecular formula is C19H23NO2S. The van der Waals surface area contributed by atoms with E-state index in [1.54, 1.807) is 16.2 Å². The lowest BCUT2D eigenvalue weighted by Gasteiger charge is -2.33. The molecule has 1 aromatic heterocycles. The quantitative estimate of drug-likeness (QED) is 0.920. The van der Waals surface area contributed by atoms with Gasteiger partial charge in [-0.05, 0) is 22.6 Å². The minimum absolute atomic E-state index is 0.0141. The smallest absolute Gasteiger partial charge is 0.231 e. The molecule has 1 aromatic carbocycles. The molecule has 0 bridgehead atoms. The molecule has 2 heterocycles. The summed E-state index contributed by atoms with van der Waals surface area (Å²) in [4.78, 5) is 15.6. The van der Waals surface area contributed by atoms with Gasteiger partial charge in [0.05, 0.1) is 5.41 Å². The molecule has 4 heteroatoms. The Morgan fingerprint density at radius 1 is 1.13 bits per heavy atom. The highest BCUT2D eigenvalue weighted by molar-refractivity contribution is 7.13. The number of aliphatic hydroxyl groups excluding tert-OH is 1. The van der Waals surface area contributed by atoms with E-state index in [0.717, 1.165) is 16.0 Å². The van der Waals surface area contributed by atoms with Gasteiger partial charge < -0.3 is 10.0 Å². The number of carbonyl (C=O) groups excluding carboxylic acids is 1. The van der Waals surface area contributed by atoms with Crippen molar-refractivity contribution in [3.63, 3.8) is 0 Å². The Balaban J connectivity index is 1.93. The van der Waals surface area contributed by atoms with Gasteiger partial charge in [-0.1, -0.05) is 58.0 Å². The van der Waals surface area contributed by atoms with Gasteiger partial charge in [0.2, 0.25) is 5.91 Å². The highest BCUT2D eigenvalue weighted by Crippen LogP contribution is 2.50. The molecule has 0 aliphatic carbocycles. The van der Waals surface area contributed by atoms with E-state index in [4.69, 9.17) is 0 Å². The average molecular weight is 329 g/mol. The summed E-state index contributed by atoms with van der Waals surface area (Å²) in [5, 5.41) is 12.7. The molecule has 3 rings (SSSR count). The molecule has 0 spiro atoms. The number of hydrogen-bond acceptors (Lipinski definition) is 3. The van der Waals surface area contributed by atoms with Crippen molar-refractivity contribution in [2.45, 2.75) is 40.5 Å². The number of amides is 1. The maximum absolute atomic E-state index is 12.8. The summed E-state index contributed by atoms with van der Waals surface area (Å²) in [5.41, 5.74) is 1.18. The van der Waals surface area contributed by atoms with Crippen LogP contribution in [-0.4, -0.2) is 22.1 Å². The van der Waals surface area contributed by atoms with Crippen molar-refractivity contribution in [1.82, 2.24) is 4.90 Å². The molecule has 1 unspecified atom stereocenters. The van der Waals surface area contributed by atoms with Gasteiger partial charge in [0.15, 0.2) is 0 Å². The average Bonchev–Trinajstić information content (AvgIpc) is 3.03. The second kappa shape index (κ2) is 5.46. The van der Waals surface area contributed by atoms with Gasteiger partial charge in [-0.3, -0.25) is 4.79 Å². The number of likely N-dealkylation sites (tertiary alicyclic amines) is 1. The lowest BCUT2D eigenvalue weighted by atomic mass is 9.69. The van der Waals surface area contributed by atoms with Crippen molar-refractivity contribution < 1.29 is 9.90 Å². The summed E-state index contributed by atoms with van der Waals surface area (Å²) in [6, 6.07) is 12.2. The van der Waals surface area contributed by atoms with Gasteiger partial charge in [-0.2, -0.15) is 0 Å². The Bertz CT molecular complexity index is 718. The van der Waals surface area contributed by atoms with Gasteiger partial charge in [-0.15, -0.1) is 11.3 Å². The highest BCUT2D eigenvalue weighted by atomic mass is 32.1. The van der Waals surface area contributed by atoms with Crippen molar-refractivity contribution >= 4 is 17.2 Å². The number of carbonyl (C=O) groups is 1. The molecule has 1 N–H and O–H groups in total. The van der Waals surface area contributed by atoms with Gasteiger partial charge >= 0.3 is 0 Å². The third-order valence-corrected chi connectivity index (χ3v) is 6.48. The van der Waals surface area contributed by atoms with Crippen LogP contribution in [-0.2, 0) is 11.3 Å². The first-order valence-corrected chi connectivity index (χ1v) is 8.75. The molecule has 0 radical (unpaired) electrons. The van der Waals surface area contributed by atoms with Crippen LogP contribution in [0, 0.1) is 10.8 Å². The molecule has 1 fully saturated rings. The first-order valence-electron chi connectivity index (χ1n) is 7.88. The fourth-order valence-electron chi connectivity index (χ4n) is 3.10. The number of hydrogen-bond donors (Lipinski definition) is 1. The molecule has 1 atom stereocenters. The van der Waals surface area contributed by atoms with Crippen molar-refractivity contribution in [3.05, 3.63) is 47.3 Å². The highest BCUT2D eigenvalue weighted by Gasteiger charge is 2.58. The van der Waals surface area contributed by atoms with Gasteiger partial charge in [-0.25, -0.2) is 0 Å². The van der Waals surface area contributed by atoms with Gasteiger partial charge in [0, 0.05) is 16.8 Å². The standard InChI is InChI=1S/C19H23NO2S/c1-18(2)16(21)20(17(22)19(18,3)4)12-14-10-11-23-15(14)13-8-6-5-7-9-13/h5-11,16,21H,12H2,1-4H3.